The molecule has 6 heteroatoms. The normalized spacial score (nSPS) is 12.0. The molecule has 0 aliphatic heterocycles. The Morgan fingerprint density at radius 1 is 1.24 bits per heavy atom. The number of rotatable bonds is 7. The van der Waals surface area contributed by atoms with Crippen molar-refractivity contribution >= 4 is 29.4 Å². The monoisotopic (exact) mass is 310 g/mol. The van der Waals surface area contributed by atoms with Gasteiger partial charge in [0.2, 0.25) is 0 Å². The zero-order valence-corrected chi connectivity index (χ0v) is 13.4. The van der Waals surface area contributed by atoms with Crippen molar-refractivity contribution in [2.24, 2.45) is 0 Å². The summed E-state index contributed by atoms with van der Waals surface area (Å²) in [4.78, 5) is 22.9. The maximum Gasteiger partial charge on any atom is 0.326 e. The first-order valence-corrected chi connectivity index (χ1v) is 8.22. The lowest BCUT2D eigenvalue weighted by atomic mass is 10.0. The molecule has 1 rings (SSSR count). The molecule has 0 spiro atoms. The minimum absolute atomic E-state index is 0.399. The van der Waals surface area contributed by atoms with Gasteiger partial charge in [-0.3, -0.25) is 0 Å². The molecule has 0 aliphatic carbocycles. The van der Waals surface area contributed by atoms with Gasteiger partial charge < -0.3 is 15.7 Å². The second-order valence-electron chi connectivity index (χ2n) is 5.05. The quantitative estimate of drug-likeness (QED) is 0.723. The average molecular weight is 310 g/mol. The number of carboxylic acid groups (broad SMARTS) is 1. The Morgan fingerprint density at radius 2 is 1.86 bits per heavy atom. The molecule has 1 atom stereocenters. The van der Waals surface area contributed by atoms with E-state index in [-0.39, 0.29) is 0 Å². The molecule has 2 amide bonds. The van der Waals surface area contributed by atoms with Gasteiger partial charge in [0.25, 0.3) is 0 Å². The van der Waals surface area contributed by atoms with Crippen LogP contribution in [0.3, 0.4) is 0 Å². The van der Waals surface area contributed by atoms with E-state index in [1.54, 1.807) is 11.8 Å². The Hall–Kier alpha value is -1.69. The van der Waals surface area contributed by atoms with Crippen LogP contribution >= 0.6 is 11.8 Å². The number of hydrogen-bond acceptors (Lipinski definition) is 3. The van der Waals surface area contributed by atoms with Gasteiger partial charge in [0, 0.05) is 5.69 Å². The van der Waals surface area contributed by atoms with Crippen LogP contribution in [0.4, 0.5) is 10.5 Å². The molecule has 116 valence electrons. The van der Waals surface area contributed by atoms with Crippen LogP contribution in [0.1, 0.15) is 31.7 Å². The smallest absolute Gasteiger partial charge is 0.326 e. The van der Waals surface area contributed by atoms with Crippen LogP contribution in [-0.4, -0.2) is 35.2 Å². The summed E-state index contributed by atoms with van der Waals surface area (Å²) in [5.74, 6) is 0.0884. The van der Waals surface area contributed by atoms with E-state index < -0.39 is 18.0 Å². The molecule has 0 aliphatic rings. The summed E-state index contributed by atoms with van der Waals surface area (Å²) in [5.41, 5.74) is 1.83. The number of carbonyl (C=O) groups is 2. The number of anilines is 1. The molecule has 0 saturated heterocycles. The van der Waals surface area contributed by atoms with Crippen LogP contribution in [0, 0.1) is 0 Å². The molecular weight excluding hydrogens is 288 g/mol. The number of benzene rings is 1. The van der Waals surface area contributed by atoms with E-state index in [0.717, 1.165) is 0 Å². The zero-order valence-electron chi connectivity index (χ0n) is 12.6. The highest BCUT2D eigenvalue weighted by Gasteiger charge is 2.19. The van der Waals surface area contributed by atoms with Crippen molar-refractivity contribution in [2.75, 3.05) is 17.3 Å². The predicted octanol–water partition coefficient (Wildman–Crippen LogP) is 3.14. The lowest BCUT2D eigenvalue weighted by molar-refractivity contribution is -0.139. The number of amides is 2. The van der Waals surface area contributed by atoms with Gasteiger partial charge in [0.1, 0.15) is 6.04 Å². The van der Waals surface area contributed by atoms with Gasteiger partial charge in [0.15, 0.2) is 0 Å². The lowest BCUT2D eigenvalue weighted by Crippen LogP contribution is -2.43. The predicted molar refractivity (Wildman–Crippen MR) is 87.1 cm³/mol. The second-order valence-corrected chi connectivity index (χ2v) is 6.03. The van der Waals surface area contributed by atoms with E-state index in [0.29, 0.717) is 23.8 Å². The van der Waals surface area contributed by atoms with Crippen molar-refractivity contribution in [3.05, 3.63) is 29.8 Å². The molecule has 5 nitrogen and oxygen atoms in total. The zero-order chi connectivity index (χ0) is 15.8. The standard InChI is InChI=1S/C15H22N2O3S/c1-10(2)11-4-6-12(7-5-11)16-15(20)17-13(14(18)19)8-9-21-3/h4-7,10,13H,8-9H2,1-3H3,(H,18,19)(H2,16,17,20). The largest absolute Gasteiger partial charge is 0.480 e. The fourth-order valence-corrected chi connectivity index (χ4v) is 2.24. The molecule has 21 heavy (non-hydrogen) atoms. The van der Waals surface area contributed by atoms with Crippen LogP contribution in [0.25, 0.3) is 0 Å². The van der Waals surface area contributed by atoms with Crippen LogP contribution in [-0.2, 0) is 4.79 Å². The third kappa shape index (κ3) is 6.08. The van der Waals surface area contributed by atoms with Crippen LogP contribution in [0.2, 0.25) is 0 Å². The Bertz CT molecular complexity index is 474. The summed E-state index contributed by atoms with van der Waals surface area (Å²) in [7, 11) is 0. The molecule has 0 fully saturated rings. The summed E-state index contributed by atoms with van der Waals surface area (Å²) in [6.07, 6.45) is 2.30. The molecule has 0 heterocycles. The van der Waals surface area contributed by atoms with Crippen molar-refractivity contribution in [3.8, 4) is 0 Å². The molecule has 3 N–H and O–H groups in total. The minimum Gasteiger partial charge on any atom is -0.480 e. The van der Waals surface area contributed by atoms with Gasteiger partial charge >= 0.3 is 12.0 Å². The summed E-state index contributed by atoms with van der Waals surface area (Å²) in [6, 6.07) is 6.15. The Morgan fingerprint density at radius 3 is 2.33 bits per heavy atom. The number of carbonyl (C=O) groups excluding carboxylic acids is 1. The first kappa shape index (κ1) is 17.4. The highest BCUT2D eigenvalue weighted by Crippen LogP contribution is 2.17. The summed E-state index contributed by atoms with van der Waals surface area (Å²) in [6.45, 7) is 4.19. The lowest BCUT2D eigenvalue weighted by Gasteiger charge is -2.15. The highest BCUT2D eigenvalue weighted by molar-refractivity contribution is 7.98. The van der Waals surface area contributed by atoms with Crippen molar-refractivity contribution in [1.82, 2.24) is 5.32 Å². The topological polar surface area (TPSA) is 78.4 Å². The van der Waals surface area contributed by atoms with Crippen molar-refractivity contribution in [2.45, 2.75) is 32.2 Å². The third-order valence-electron chi connectivity index (χ3n) is 3.05. The number of urea groups is 1. The van der Waals surface area contributed by atoms with Gasteiger partial charge in [-0.05, 0) is 42.0 Å². The van der Waals surface area contributed by atoms with E-state index >= 15 is 0 Å². The maximum atomic E-state index is 11.8. The SMILES string of the molecule is CSCCC(NC(=O)Nc1ccc(C(C)C)cc1)C(=O)O. The number of nitrogens with one attached hydrogen (secondary N) is 2. The Kier molecular flexibility index (Phi) is 7.08. The number of carboxylic acids is 1. The van der Waals surface area contributed by atoms with Crippen molar-refractivity contribution < 1.29 is 14.7 Å². The van der Waals surface area contributed by atoms with E-state index in [2.05, 4.69) is 24.5 Å². The third-order valence-corrected chi connectivity index (χ3v) is 3.69. The van der Waals surface area contributed by atoms with E-state index in [1.165, 1.54) is 5.56 Å². The van der Waals surface area contributed by atoms with Gasteiger partial charge in [-0.15, -0.1) is 0 Å². The molecule has 0 aromatic heterocycles. The fraction of sp³-hybridized carbons (Fsp3) is 0.467. The summed E-state index contributed by atoms with van der Waals surface area (Å²) < 4.78 is 0. The molecule has 0 bridgehead atoms. The van der Waals surface area contributed by atoms with E-state index in [4.69, 9.17) is 5.11 Å². The molecule has 0 radical (unpaired) electrons. The van der Waals surface area contributed by atoms with Gasteiger partial charge in [-0.1, -0.05) is 26.0 Å². The summed E-state index contributed by atoms with van der Waals surface area (Å²) >= 11 is 1.55. The van der Waals surface area contributed by atoms with E-state index in [9.17, 15) is 9.59 Å². The number of thioether (sulfide) groups is 1. The van der Waals surface area contributed by atoms with E-state index in [1.807, 2.05) is 30.5 Å². The maximum absolute atomic E-state index is 11.8. The first-order chi connectivity index (χ1) is 9.93. The second kappa shape index (κ2) is 8.56. The molecule has 1 aromatic carbocycles. The molecular formula is C15H22N2O3S. The van der Waals surface area contributed by atoms with Crippen molar-refractivity contribution in [3.63, 3.8) is 0 Å². The Labute approximate surface area is 129 Å². The Balaban J connectivity index is 2.57. The summed E-state index contributed by atoms with van der Waals surface area (Å²) in [5, 5.41) is 14.2. The minimum atomic E-state index is -1.02. The van der Waals surface area contributed by atoms with Gasteiger partial charge in [-0.25, -0.2) is 9.59 Å². The average Bonchev–Trinajstić information content (AvgIpc) is 2.43. The molecule has 1 unspecified atom stereocenters. The highest BCUT2D eigenvalue weighted by atomic mass is 32.2. The van der Waals surface area contributed by atoms with Crippen molar-refractivity contribution in [1.29, 1.82) is 0 Å². The van der Waals surface area contributed by atoms with Crippen LogP contribution in [0.5, 0.6) is 0 Å². The van der Waals surface area contributed by atoms with Gasteiger partial charge in [0.05, 0.1) is 0 Å². The molecule has 0 saturated carbocycles. The first-order valence-electron chi connectivity index (χ1n) is 6.83. The molecule has 1 aromatic rings. The van der Waals surface area contributed by atoms with Crippen LogP contribution < -0.4 is 10.6 Å². The fourth-order valence-electron chi connectivity index (χ4n) is 1.77. The number of aliphatic carboxylic acids is 1. The van der Waals surface area contributed by atoms with Gasteiger partial charge in [-0.2, -0.15) is 11.8 Å². The number of hydrogen-bond donors (Lipinski definition) is 3. The van der Waals surface area contributed by atoms with Crippen LogP contribution in [0.15, 0.2) is 24.3 Å².